The predicted molar refractivity (Wildman–Crippen MR) is 190 cm³/mol. The molecule has 0 aromatic carbocycles. The topological polar surface area (TPSA) is 123 Å². The molecule has 1 unspecified atom stereocenters. The van der Waals surface area contributed by atoms with Gasteiger partial charge in [0.05, 0.1) is 28.0 Å². The number of fused-ring (bicyclic) bond motifs is 2. The lowest BCUT2D eigenvalue weighted by molar-refractivity contribution is -0.136. The molecule has 0 spiro atoms. The van der Waals surface area contributed by atoms with E-state index in [4.69, 9.17) is 19.6 Å². The van der Waals surface area contributed by atoms with Crippen molar-refractivity contribution in [3.8, 4) is 11.4 Å². The second-order valence-corrected chi connectivity index (χ2v) is 15.3. The second-order valence-electron chi connectivity index (χ2n) is 15.3. The summed E-state index contributed by atoms with van der Waals surface area (Å²) in [6.07, 6.45) is 9.04. The van der Waals surface area contributed by atoms with E-state index in [0.29, 0.717) is 37.7 Å². The van der Waals surface area contributed by atoms with Crippen molar-refractivity contribution in [2.45, 2.75) is 90.3 Å². The summed E-state index contributed by atoms with van der Waals surface area (Å²) in [5.74, 6) is 0.853. The van der Waals surface area contributed by atoms with Gasteiger partial charge in [-0.2, -0.15) is 5.10 Å². The van der Waals surface area contributed by atoms with E-state index in [0.717, 1.165) is 65.8 Å². The smallest absolute Gasteiger partial charge is 0.407 e. The van der Waals surface area contributed by atoms with Gasteiger partial charge in [-0.05, 0) is 96.4 Å². The summed E-state index contributed by atoms with van der Waals surface area (Å²) < 4.78 is 14.8. The number of carbonyl (C=O) groups is 3. The van der Waals surface area contributed by atoms with Crippen molar-refractivity contribution in [3.63, 3.8) is 0 Å². The van der Waals surface area contributed by atoms with Gasteiger partial charge >= 0.3 is 6.09 Å². The molecule has 3 fully saturated rings. The fraction of sp³-hybridized carbons (Fsp3) is 0.553. The fourth-order valence-corrected chi connectivity index (χ4v) is 7.58. The van der Waals surface area contributed by atoms with Gasteiger partial charge in [0.15, 0.2) is 0 Å². The first-order valence-corrected chi connectivity index (χ1v) is 18.0. The van der Waals surface area contributed by atoms with Crippen LogP contribution in [0, 0.1) is 12.8 Å². The minimum atomic E-state index is -0.583. The number of likely N-dealkylation sites (tertiary alicyclic amines) is 2. The van der Waals surface area contributed by atoms with Crippen molar-refractivity contribution >= 4 is 34.3 Å². The average Bonchev–Trinajstić information content (AvgIpc) is 3.76. The van der Waals surface area contributed by atoms with Gasteiger partial charge in [0.25, 0.3) is 5.91 Å². The van der Waals surface area contributed by atoms with Crippen LogP contribution in [0.3, 0.4) is 0 Å². The lowest BCUT2D eigenvalue weighted by Crippen LogP contribution is -2.50. The average molecular weight is 684 g/mol. The van der Waals surface area contributed by atoms with Gasteiger partial charge in [0.2, 0.25) is 5.91 Å². The highest BCUT2D eigenvalue weighted by atomic mass is 16.6. The summed E-state index contributed by atoms with van der Waals surface area (Å²) in [5.41, 5.74) is 6.22. The van der Waals surface area contributed by atoms with Crippen molar-refractivity contribution in [3.05, 3.63) is 53.5 Å². The van der Waals surface area contributed by atoms with E-state index in [9.17, 15) is 14.4 Å². The number of piperidine rings is 2. The Kier molecular flexibility index (Phi) is 9.32. The van der Waals surface area contributed by atoms with Crippen molar-refractivity contribution < 1.29 is 23.9 Å². The third-order valence-electron chi connectivity index (χ3n) is 10.3. The first-order valence-electron chi connectivity index (χ1n) is 18.0. The van der Waals surface area contributed by atoms with E-state index in [2.05, 4.69) is 28.9 Å². The lowest BCUT2D eigenvalue weighted by atomic mass is 9.92. The van der Waals surface area contributed by atoms with Crippen molar-refractivity contribution in [1.82, 2.24) is 34.3 Å². The number of methoxy groups -OCH3 is 1. The van der Waals surface area contributed by atoms with Gasteiger partial charge in [-0.25, -0.2) is 9.31 Å². The highest BCUT2D eigenvalue weighted by Gasteiger charge is 2.31. The Morgan fingerprint density at radius 1 is 1.00 bits per heavy atom. The van der Waals surface area contributed by atoms with Crippen LogP contribution < -0.4 is 5.32 Å². The number of nitrogens with zero attached hydrogens (tertiary/aromatic N) is 6. The standard InChI is InChI=1S/C38H49N7O5/c1-24-30-11-10-28(36(47)43-16-6-7-29(22-43)40-37(48)50-38(2,3)4)21-45(30)41-33(24)31-19-27-12-15-39-34(35(27)44(31)20-25-8-9-25)26-13-17-42(18-14-26)32(46)23-49-5/h10-12,15,19,21,25-26,29H,6-9,13-14,16-18,20,22-23H2,1-5H3,(H,40,48). The van der Waals surface area contributed by atoms with Crippen molar-refractivity contribution in [1.29, 1.82) is 0 Å². The molecule has 1 aliphatic carbocycles. The molecule has 4 aromatic heterocycles. The predicted octanol–water partition coefficient (Wildman–Crippen LogP) is 5.55. The van der Waals surface area contributed by atoms with Crippen molar-refractivity contribution in [2.75, 3.05) is 39.9 Å². The normalized spacial score (nSPS) is 18.9. The quantitative estimate of drug-likeness (QED) is 0.258. The maximum atomic E-state index is 13.7. The summed E-state index contributed by atoms with van der Waals surface area (Å²) >= 11 is 0. The lowest BCUT2D eigenvalue weighted by Gasteiger charge is -2.33. The minimum Gasteiger partial charge on any atom is -0.444 e. The van der Waals surface area contributed by atoms with Gasteiger partial charge in [0, 0.05) is 75.1 Å². The molecule has 1 N–H and O–H groups in total. The number of hydrogen-bond acceptors (Lipinski definition) is 7. The Labute approximate surface area is 293 Å². The summed E-state index contributed by atoms with van der Waals surface area (Å²) in [5, 5.41) is 9.20. The number of aryl methyl sites for hydroxylation is 1. The summed E-state index contributed by atoms with van der Waals surface area (Å²) in [4.78, 5) is 47.3. The molecule has 3 amide bonds. The number of carbonyl (C=O) groups excluding carboxylic acids is 3. The minimum absolute atomic E-state index is 0.0408. The molecular formula is C38H49N7O5. The highest BCUT2D eigenvalue weighted by molar-refractivity contribution is 5.95. The van der Waals surface area contributed by atoms with Crippen LogP contribution in [-0.4, -0.2) is 98.4 Å². The Hall–Kier alpha value is -4.45. The Morgan fingerprint density at radius 2 is 1.78 bits per heavy atom. The van der Waals surface area contributed by atoms with Gasteiger partial charge in [-0.3, -0.25) is 14.6 Å². The number of amides is 3. The van der Waals surface area contributed by atoms with Gasteiger partial charge in [-0.15, -0.1) is 0 Å². The second kappa shape index (κ2) is 13.7. The zero-order chi connectivity index (χ0) is 35.2. The van der Waals surface area contributed by atoms with Crippen LogP contribution >= 0.6 is 0 Å². The maximum absolute atomic E-state index is 13.7. The van der Waals surface area contributed by atoms with E-state index in [1.807, 2.05) is 59.6 Å². The molecule has 50 heavy (non-hydrogen) atoms. The van der Waals surface area contributed by atoms with Gasteiger partial charge in [-0.1, -0.05) is 0 Å². The zero-order valence-electron chi connectivity index (χ0n) is 29.9. The summed E-state index contributed by atoms with van der Waals surface area (Å²) in [6.45, 7) is 11.1. The number of nitrogens with one attached hydrogen (secondary N) is 1. The van der Waals surface area contributed by atoms with E-state index < -0.39 is 11.7 Å². The van der Waals surface area contributed by atoms with E-state index in [-0.39, 0.29) is 30.4 Å². The van der Waals surface area contributed by atoms with E-state index >= 15 is 0 Å². The number of ether oxygens (including phenoxy) is 2. The molecule has 12 heteroatoms. The molecule has 266 valence electrons. The molecule has 0 bridgehead atoms. The van der Waals surface area contributed by atoms with Crippen LogP contribution in [0.25, 0.3) is 27.8 Å². The molecule has 12 nitrogen and oxygen atoms in total. The summed E-state index contributed by atoms with van der Waals surface area (Å²) in [6, 6.07) is 8.04. The number of pyridine rings is 2. The number of alkyl carbamates (subject to hydrolysis) is 1. The Balaban J connectivity index is 1.16. The maximum Gasteiger partial charge on any atom is 0.407 e. The number of hydrogen-bond donors (Lipinski definition) is 1. The first kappa shape index (κ1) is 34.0. The molecule has 1 saturated carbocycles. The van der Waals surface area contributed by atoms with Crippen LogP contribution in [0.5, 0.6) is 0 Å². The van der Waals surface area contributed by atoms with Crippen molar-refractivity contribution in [2.24, 2.45) is 5.92 Å². The molecule has 2 aliphatic heterocycles. The zero-order valence-corrected chi connectivity index (χ0v) is 29.9. The third kappa shape index (κ3) is 7.08. The van der Waals surface area contributed by atoms with E-state index in [1.165, 1.54) is 18.4 Å². The molecular weight excluding hydrogens is 634 g/mol. The van der Waals surface area contributed by atoms with E-state index in [1.54, 1.807) is 7.11 Å². The molecule has 7 rings (SSSR count). The molecule has 6 heterocycles. The Morgan fingerprint density at radius 3 is 2.50 bits per heavy atom. The largest absolute Gasteiger partial charge is 0.444 e. The van der Waals surface area contributed by atoms with Crippen LogP contribution in [0.4, 0.5) is 4.79 Å². The van der Waals surface area contributed by atoms with Crippen LogP contribution in [0.15, 0.2) is 36.7 Å². The fourth-order valence-electron chi connectivity index (χ4n) is 7.58. The molecule has 3 aliphatic rings. The monoisotopic (exact) mass is 683 g/mol. The number of aromatic nitrogens is 4. The van der Waals surface area contributed by atoms with Crippen LogP contribution in [0.1, 0.15) is 86.8 Å². The SMILES string of the molecule is COCC(=O)N1CCC(c2nccc3cc(-c4nn5cc(C(=O)N6CCCC(NC(=O)OC(C)(C)C)C6)ccc5c4C)n(CC4CC4)c23)CC1. The highest BCUT2D eigenvalue weighted by Crippen LogP contribution is 2.40. The molecule has 4 aromatic rings. The van der Waals surface area contributed by atoms with Crippen LogP contribution in [-0.2, 0) is 20.8 Å². The van der Waals surface area contributed by atoms with Gasteiger partial charge < -0.3 is 29.2 Å². The van der Waals surface area contributed by atoms with Crippen LogP contribution in [0.2, 0.25) is 0 Å². The molecule has 1 atom stereocenters. The molecule has 2 saturated heterocycles. The molecule has 0 radical (unpaired) electrons. The first-order chi connectivity index (χ1) is 24.0. The Bertz CT molecular complexity index is 1910. The number of rotatable bonds is 8. The third-order valence-corrected chi connectivity index (χ3v) is 10.3. The summed E-state index contributed by atoms with van der Waals surface area (Å²) in [7, 11) is 1.56. The van der Waals surface area contributed by atoms with Gasteiger partial charge in [0.1, 0.15) is 17.9 Å².